The Morgan fingerprint density at radius 2 is 1.88 bits per heavy atom. The number of hydrogen-bond donors (Lipinski definition) is 0. The van der Waals surface area contributed by atoms with E-state index in [0.717, 1.165) is 38.3 Å². The number of carbonyl (C=O) groups is 2. The Hall–Kier alpha value is -1.92. The Morgan fingerprint density at radius 1 is 1.08 bits per heavy atom. The van der Waals surface area contributed by atoms with Crippen molar-refractivity contribution in [1.82, 2.24) is 9.80 Å². The smallest absolute Gasteiger partial charge is 0.227 e. The standard InChI is InChI=1S/C19H25N3O3/c1-20-16-12-21(13-17(16)25-10-8-18(20)23)11-14-4-6-15(7-5-14)22-9-2-3-19(22)24/h4-7,16-17H,2-3,8-13H2,1H3/t16-,17-/m0/s1. The third-order valence-electron chi connectivity index (χ3n) is 5.58. The first-order chi connectivity index (χ1) is 12.1. The second-order valence-corrected chi connectivity index (χ2v) is 7.24. The summed E-state index contributed by atoms with van der Waals surface area (Å²) in [5.74, 6) is 0.395. The molecule has 0 N–H and O–H groups in total. The van der Waals surface area contributed by atoms with Gasteiger partial charge < -0.3 is 14.5 Å². The highest BCUT2D eigenvalue weighted by molar-refractivity contribution is 5.95. The van der Waals surface area contributed by atoms with E-state index >= 15 is 0 Å². The molecule has 0 saturated carbocycles. The van der Waals surface area contributed by atoms with Gasteiger partial charge in [0.2, 0.25) is 11.8 Å². The summed E-state index contributed by atoms with van der Waals surface area (Å²) in [5.41, 5.74) is 2.22. The Morgan fingerprint density at radius 3 is 2.60 bits per heavy atom. The van der Waals surface area contributed by atoms with Crippen LogP contribution in [0.5, 0.6) is 0 Å². The van der Waals surface area contributed by atoms with E-state index in [0.29, 0.717) is 19.4 Å². The van der Waals surface area contributed by atoms with Crippen LogP contribution >= 0.6 is 0 Å². The largest absolute Gasteiger partial charge is 0.374 e. The second kappa shape index (κ2) is 6.77. The molecular formula is C19H25N3O3. The number of fused-ring (bicyclic) bond motifs is 1. The number of rotatable bonds is 3. The summed E-state index contributed by atoms with van der Waals surface area (Å²) in [7, 11) is 1.89. The predicted octanol–water partition coefficient (Wildman–Crippen LogP) is 1.24. The maximum Gasteiger partial charge on any atom is 0.227 e. The molecule has 4 rings (SSSR count). The minimum Gasteiger partial charge on any atom is -0.374 e. The highest BCUT2D eigenvalue weighted by Gasteiger charge is 2.39. The van der Waals surface area contributed by atoms with Gasteiger partial charge in [0.15, 0.2) is 0 Å². The van der Waals surface area contributed by atoms with Crippen molar-refractivity contribution in [3.8, 4) is 0 Å². The third kappa shape index (κ3) is 3.28. The maximum absolute atomic E-state index is 12.0. The lowest BCUT2D eigenvalue weighted by Crippen LogP contribution is -2.42. The van der Waals surface area contributed by atoms with E-state index in [1.54, 1.807) is 0 Å². The molecule has 25 heavy (non-hydrogen) atoms. The summed E-state index contributed by atoms with van der Waals surface area (Å²) < 4.78 is 5.89. The molecule has 3 aliphatic rings. The molecule has 1 aromatic rings. The molecule has 0 radical (unpaired) electrons. The first kappa shape index (κ1) is 16.5. The van der Waals surface area contributed by atoms with Gasteiger partial charge >= 0.3 is 0 Å². The molecule has 3 aliphatic heterocycles. The van der Waals surface area contributed by atoms with Crippen molar-refractivity contribution in [1.29, 1.82) is 0 Å². The number of amides is 2. The minimum atomic E-state index is 0.109. The Balaban J connectivity index is 1.40. The number of anilines is 1. The zero-order valence-corrected chi connectivity index (χ0v) is 14.7. The number of benzene rings is 1. The lowest BCUT2D eigenvalue weighted by atomic mass is 10.2. The Bertz CT molecular complexity index is 660. The molecule has 0 unspecified atom stereocenters. The molecule has 2 amide bonds. The van der Waals surface area contributed by atoms with E-state index in [1.165, 1.54) is 5.56 Å². The molecule has 0 aromatic heterocycles. The average molecular weight is 343 g/mol. The Labute approximate surface area is 148 Å². The molecule has 6 nitrogen and oxygen atoms in total. The van der Waals surface area contributed by atoms with Crippen LogP contribution in [0.2, 0.25) is 0 Å². The van der Waals surface area contributed by atoms with Gasteiger partial charge in [-0.3, -0.25) is 14.5 Å². The van der Waals surface area contributed by atoms with Gasteiger partial charge in [0.25, 0.3) is 0 Å². The molecule has 6 heteroatoms. The molecular weight excluding hydrogens is 318 g/mol. The maximum atomic E-state index is 12.0. The number of hydrogen-bond acceptors (Lipinski definition) is 4. The number of ether oxygens (including phenoxy) is 1. The van der Waals surface area contributed by atoms with Crippen molar-refractivity contribution < 1.29 is 14.3 Å². The molecule has 2 atom stereocenters. The van der Waals surface area contributed by atoms with Crippen LogP contribution in [0.15, 0.2) is 24.3 Å². The van der Waals surface area contributed by atoms with Crippen LogP contribution in [0.1, 0.15) is 24.8 Å². The number of likely N-dealkylation sites (N-methyl/N-ethyl adjacent to an activating group) is 1. The highest BCUT2D eigenvalue weighted by Crippen LogP contribution is 2.25. The lowest BCUT2D eigenvalue weighted by Gasteiger charge is -2.25. The van der Waals surface area contributed by atoms with Crippen molar-refractivity contribution in [2.24, 2.45) is 0 Å². The topological polar surface area (TPSA) is 53.1 Å². The van der Waals surface area contributed by atoms with E-state index in [1.807, 2.05) is 29.0 Å². The molecule has 3 fully saturated rings. The number of carbonyl (C=O) groups excluding carboxylic acids is 2. The first-order valence-corrected chi connectivity index (χ1v) is 9.11. The third-order valence-corrected chi connectivity index (χ3v) is 5.58. The molecule has 3 saturated heterocycles. The van der Waals surface area contributed by atoms with E-state index < -0.39 is 0 Å². The quantitative estimate of drug-likeness (QED) is 0.829. The summed E-state index contributed by atoms with van der Waals surface area (Å²) in [5, 5.41) is 0. The van der Waals surface area contributed by atoms with Crippen LogP contribution in [0.3, 0.4) is 0 Å². The van der Waals surface area contributed by atoms with Gasteiger partial charge in [-0.1, -0.05) is 12.1 Å². The average Bonchev–Trinajstić information content (AvgIpc) is 3.18. The number of likely N-dealkylation sites (tertiary alicyclic amines) is 1. The number of nitrogens with zero attached hydrogens (tertiary/aromatic N) is 3. The van der Waals surface area contributed by atoms with Gasteiger partial charge in [0, 0.05) is 45.3 Å². The summed E-state index contributed by atoms with van der Waals surface area (Å²) in [4.78, 5) is 29.9. The predicted molar refractivity (Wildman–Crippen MR) is 94.2 cm³/mol. The zero-order valence-electron chi connectivity index (χ0n) is 14.7. The fraction of sp³-hybridized carbons (Fsp3) is 0.579. The van der Waals surface area contributed by atoms with Crippen molar-refractivity contribution >= 4 is 17.5 Å². The van der Waals surface area contributed by atoms with Crippen molar-refractivity contribution in [2.75, 3.05) is 38.2 Å². The van der Waals surface area contributed by atoms with E-state index in [4.69, 9.17) is 4.74 Å². The summed E-state index contributed by atoms with van der Waals surface area (Å²) in [6.07, 6.45) is 2.20. The van der Waals surface area contributed by atoms with Gasteiger partial charge in [0.1, 0.15) is 0 Å². The second-order valence-electron chi connectivity index (χ2n) is 7.24. The van der Waals surface area contributed by atoms with Gasteiger partial charge in [-0.15, -0.1) is 0 Å². The van der Waals surface area contributed by atoms with Crippen molar-refractivity contribution in [3.05, 3.63) is 29.8 Å². The fourth-order valence-electron chi connectivity index (χ4n) is 4.12. The molecule has 0 aliphatic carbocycles. The molecule has 1 aromatic carbocycles. The van der Waals surface area contributed by atoms with Crippen LogP contribution in [-0.4, -0.2) is 67.0 Å². The lowest BCUT2D eigenvalue weighted by molar-refractivity contribution is -0.131. The molecule has 3 heterocycles. The van der Waals surface area contributed by atoms with Crippen LogP contribution < -0.4 is 4.90 Å². The van der Waals surface area contributed by atoms with Gasteiger partial charge in [0.05, 0.1) is 25.2 Å². The first-order valence-electron chi connectivity index (χ1n) is 9.11. The molecule has 134 valence electrons. The van der Waals surface area contributed by atoms with Gasteiger partial charge in [-0.25, -0.2) is 0 Å². The summed E-state index contributed by atoms with van der Waals surface area (Å²) >= 11 is 0. The summed E-state index contributed by atoms with van der Waals surface area (Å²) in [6, 6.07) is 8.43. The van der Waals surface area contributed by atoms with E-state index in [9.17, 15) is 9.59 Å². The SMILES string of the molecule is CN1C(=O)CCO[C@H]2CN(Cc3ccc(N4CCCC4=O)cc3)C[C@@H]21. The van der Waals surface area contributed by atoms with E-state index in [-0.39, 0.29) is 24.0 Å². The van der Waals surface area contributed by atoms with Crippen LogP contribution in [0, 0.1) is 0 Å². The van der Waals surface area contributed by atoms with Crippen molar-refractivity contribution in [2.45, 2.75) is 38.0 Å². The minimum absolute atomic E-state index is 0.109. The van der Waals surface area contributed by atoms with Crippen LogP contribution in [0.25, 0.3) is 0 Å². The molecule has 0 bridgehead atoms. The van der Waals surface area contributed by atoms with Crippen molar-refractivity contribution in [3.63, 3.8) is 0 Å². The van der Waals surface area contributed by atoms with Gasteiger partial charge in [-0.05, 0) is 24.1 Å². The summed E-state index contributed by atoms with van der Waals surface area (Å²) in [6.45, 7) is 3.89. The van der Waals surface area contributed by atoms with E-state index in [2.05, 4.69) is 17.0 Å². The Kier molecular flexibility index (Phi) is 4.48. The molecule has 0 spiro atoms. The monoisotopic (exact) mass is 343 g/mol. The van der Waals surface area contributed by atoms with Crippen LogP contribution in [0.4, 0.5) is 5.69 Å². The van der Waals surface area contributed by atoms with Crippen LogP contribution in [-0.2, 0) is 20.9 Å². The zero-order chi connectivity index (χ0) is 17.4. The fourth-order valence-corrected chi connectivity index (χ4v) is 4.12. The normalized spacial score (nSPS) is 27.7. The van der Waals surface area contributed by atoms with Gasteiger partial charge in [-0.2, -0.15) is 0 Å². The highest BCUT2D eigenvalue weighted by atomic mass is 16.5.